The van der Waals surface area contributed by atoms with Crippen LogP contribution in [0.2, 0.25) is 0 Å². The molecule has 0 amide bonds. The highest BCUT2D eigenvalue weighted by molar-refractivity contribution is 7.22. The van der Waals surface area contributed by atoms with E-state index >= 15 is 0 Å². The third-order valence-electron chi connectivity index (χ3n) is 2.69. The van der Waals surface area contributed by atoms with Crippen molar-refractivity contribution in [3.8, 4) is 5.75 Å². The quantitative estimate of drug-likeness (QED) is 0.766. The van der Waals surface area contributed by atoms with Crippen molar-refractivity contribution in [2.24, 2.45) is 0 Å². The molecule has 0 unspecified atom stereocenters. The molecule has 0 fully saturated rings. The summed E-state index contributed by atoms with van der Waals surface area (Å²) in [7, 11) is 1.65. The molecular weight excluding hydrogens is 260 g/mol. The first-order valence-electron chi connectivity index (χ1n) is 5.67. The third-order valence-corrected chi connectivity index (χ3v) is 3.62. The number of nitrogens with zero attached hydrogens (tertiary/aromatic N) is 2. The molecule has 0 saturated heterocycles. The monoisotopic (exact) mass is 272 g/mol. The van der Waals surface area contributed by atoms with Crippen molar-refractivity contribution in [2.45, 2.75) is 0 Å². The van der Waals surface area contributed by atoms with Gasteiger partial charge in [0, 0.05) is 6.20 Å². The van der Waals surface area contributed by atoms with E-state index in [9.17, 15) is 0 Å². The van der Waals surface area contributed by atoms with Crippen LogP contribution < -0.4 is 15.8 Å². The van der Waals surface area contributed by atoms with Gasteiger partial charge in [0.25, 0.3) is 0 Å². The van der Waals surface area contributed by atoms with Crippen molar-refractivity contribution in [3.63, 3.8) is 0 Å². The van der Waals surface area contributed by atoms with E-state index in [0.29, 0.717) is 5.69 Å². The zero-order valence-electron chi connectivity index (χ0n) is 10.3. The van der Waals surface area contributed by atoms with E-state index in [1.165, 1.54) is 0 Å². The van der Waals surface area contributed by atoms with Crippen LogP contribution in [0, 0.1) is 0 Å². The number of aromatic nitrogens is 2. The molecule has 2 heterocycles. The van der Waals surface area contributed by atoms with Crippen molar-refractivity contribution in [2.75, 3.05) is 18.2 Å². The number of rotatable bonds is 3. The summed E-state index contributed by atoms with van der Waals surface area (Å²) in [5.41, 5.74) is 8.17. The van der Waals surface area contributed by atoms with Gasteiger partial charge >= 0.3 is 0 Å². The second-order valence-electron chi connectivity index (χ2n) is 3.94. The summed E-state index contributed by atoms with van der Waals surface area (Å²) in [5, 5.41) is 3.99. The van der Waals surface area contributed by atoms with Gasteiger partial charge in [0.2, 0.25) is 0 Å². The molecule has 3 aromatic rings. The number of pyridine rings is 1. The number of fused-ring (bicyclic) bond motifs is 1. The first-order valence-corrected chi connectivity index (χ1v) is 6.49. The number of anilines is 3. The molecule has 0 atom stereocenters. The predicted molar refractivity (Wildman–Crippen MR) is 78.1 cm³/mol. The summed E-state index contributed by atoms with van der Waals surface area (Å²) < 4.78 is 6.26. The summed E-state index contributed by atoms with van der Waals surface area (Å²) in [6, 6.07) is 7.62. The molecule has 3 rings (SSSR count). The van der Waals surface area contributed by atoms with Crippen LogP contribution in [0.25, 0.3) is 10.2 Å². The molecule has 0 aliphatic heterocycles. The van der Waals surface area contributed by atoms with E-state index in [2.05, 4.69) is 15.3 Å². The molecular formula is C13H12N4OS. The lowest BCUT2D eigenvalue weighted by Crippen LogP contribution is -1.95. The minimum absolute atomic E-state index is 0.597. The van der Waals surface area contributed by atoms with E-state index in [1.54, 1.807) is 30.8 Å². The van der Waals surface area contributed by atoms with E-state index in [-0.39, 0.29) is 0 Å². The highest BCUT2D eigenvalue weighted by Gasteiger charge is 2.06. The molecule has 3 N–H and O–H groups in total. The Morgan fingerprint density at radius 2 is 2.21 bits per heavy atom. The minimum Gasteiger partial charge on any atom is -0.497 e. The first-order chi connectivity index (χ1) is 9.26. The van der Waals surface area contributed by atoms with Crippen molar-refractivity contribution < 1.29 is 4.74 Å². The smallest absolute Gasteiger partial charge is 0.188 e. The molecule has 0 bridgehead atoms. The second-order valence-corrected chi connectivity index (χ2v) is 4.97. The summed E-state index contributed by atoms with van der Waals surface area (Å²) >= 11 is 1.55. The Kier molecular flexibility index (Phi) is 2.92. The Morgan fingerprint density at radius 3 is 3.00 bits per heavy atom. The maximum atomic E-state index is 5.84. The number of thiazole rings is 1. The highest BCUT2D eigenvalue weighted by atomic mass is 32.1. The largest absolute Gasteiger partial charge is 0.497 e. The first kappa shape index (κ1) is 11.7. The Hall–Kier alpha value is -2.34. The van der Waals surface area contributed by atoms with Gasteiger partial charge in [-0.3, -0.25) is 4.98 Å². The van der Waals surface area contributed by atoms with Gasteiger partial charge < -0.3 is 15.8 Å². The van der Waals surface area contributed by atoms with Gasteiger partial charge in [-0.15, -0.1) is 0 Å². The second kappa shape index (κ2) is 4.74. The fourth-order valence-electron chi connectivity index (χ4n) is 1.72. The molecule has 1 aromatic carbocycles. The lowest BCUT2D eigenvalue weighted by molar-refractivity contribution is 0.415. The van der Waals surface area contributed by atoms with Crippen LogP contribution in [0.3, 0.4) is 0 Å². The number of benzene rings is 1. The number of nitrogen functional groups attached to an aromatic ring is 1. The normalized spacial score (nSPS) is 10.6. The topological polar surface area (TPSA) is 73.1 Å². The number of methoxy groups -OCH3 is 1. The standard InChI is InChI=1S/C13H12N4OS/c1-18-8-2-3-11-12(6-8)19-13(17-11)16-10-4-5-15-7-9(10)14/h2-7H,14H2,1H3,(H,15,16,17). The summed E-state index contributed by atoms with van der Waals surface area (Å²) in [6.07, 6.45) is 3.30. The van der Waals surface area contributed by atoms with E-state index in [4.69, 9.17) is 10.5 Å². The van der Waals surface area contributed by atoms with Crippen LogP contribution in [-0.2, 0) is 0 Å². The summed E-state index contributed by atoms with van der Waals surface area (Å²) in [5.74, 6) is 0.825. The average molecular weight is 272 g/mol. The van der Waals surface area contributed by atoms with Gasteiger partial charge in [0.1, 0.15) is 5.75 Å². The Bertz CT molecular complexity index is 725. The van der Waals surface area contributed by atoms with Crippen LogP contribution >= 0.6 is 11.3 Å². The van der Waals surface area contributed by atoms with E-state index < -0.39 is 0 Å². The van der Waals surface area contributed by atoms with Gasteiger partial charge in [-0.1, -0.05) is 11.3 Å². The molecule has 19 heavy (non-hydrogen) atoms. The number of nitrogens with two attached hydrogens (primary N) is 1. The van der Waals surface area contributed by atoms with Gasteiger partial charge in [0.15, 0.2) is 5.13 Å². The zero-order valence-corrected chi connectivity index (χ0v) is 11.1. The molecule has 0 aliphatic carbocycles. The van der Waals surface area contributed by atoms with Crippen molar-refractivity contribution in [3.05, 3.63) is 36.7 Å². The van der Waals surface area contributed by atoms with Gasteiger partial charge in [-0.2, -0.15) is 0 Å². The van der Waals surface area contributed by atoms with Crippen LogP contribution in [0.15, 0.2) is 36.7 Å². The van der Waals surface area contributed by atoms with Gasteiger partial charge in [-0.25, -0.2) is 4.98 Å². The maximum absolute atomic E-state index is 5.84. The van der Waals surface area contributed by atoms with Crippen molar-refractivity contribution >= 4 is 38.1 Å². The predicted octanol–water partition coefficient (Wildman–Crippen LogP) is 3.03. The fraction of sp³-hybridized carbons (Fsp3) is 0.0769. The summed E-state index contributed by atoms with van der Waals surface area (Å²) in [6.45, 7) is 0. The Labute approximate surface area is 114 Å². The average Bonchev–Trinajstić information content (AvgIpc) is 2.82. The third kappa shape index (κ3) is 2.30. The summed E-state index contributed by atoms with van der Waals surface area (Å²) in [4.78, 5) is 8.45. The van der Waals surface area contributed by atoms with E-state index in [0.717, 1.165) is 26.8 Å². The molecule has 0 saturated carbocycles. The highest BCUT2D eigenvalue weighted by Crippen LogP contribution is 2.31. The number of nitrogens with one attached hydrogen (secondary N) is 1. The van der Waals surface area contributed by atoms with Gasteiger partial charge in [-0.05, 0) is 24.3 Å². The maximum Gasteiger partial charge on any atom is 0.188 e. The van der Waals surface area contributed by atoms with E-state index in [1.807, 2.05) is 24.3 Å². The number of ether oxygens (including phenoxy) is 1. The fourth-order valence-corrected chi connectivity index (χ4v) is 2.63. The van der Waals surface area contributed by atoms with Crippen LogP contribution in [0.4, 0.5) is 16.5 Å². The molecule has 2 aromatic heterocycles. The van der Waals surface area contributed by atoms with Crippen LogP contribution in [0.1, 0.15) is 0 Å². The SMILES string of the molecule is COc1ccc2nc(Nc3ccncc3N)sc2c1. The minimum atomic E-state index is 0.597. The van der Waals surface area contributed by atoms with Crippen LogP contribution in [0.5, 0.6) is 5.75 Å². The Balaban J connectivity index is 1.95. The van der Waals surface area contributed by atoms with Crippen molar-refractivity contribution in [1.82, 2.24) is 9.97 Å². The molecule has 5 nitrogen and oxygen atoms in total. The molecule has 0 radical (unpaired) electrons. The molecule has 96 valence electrons. The Morgan fingerprint density at radius 1 is 1.32 bits per heavy atom. The number of hydrogen-bond acceptors (Lipinski definition) is 6. The number of hydrogen-bond donors (Lipinski definition) is 2. The van der Waals surface area contributed by atoms with Crippen LogP contribution in [-0.4, -0.2) is 17.1 Å². The van der Waals surface area contributed by atoms with Crippen molar-refractivity contribution in [1.29, 1.82) is 0 Å². The molecule has 0 aliphatic rings. The zero-order chi connectivity index (χ0) is 13.2. The molecule has 0 spiro atoms. The molecule has 6 heteroatoms. The van der Waals surface area contributed by atoms with Gasteiger partial charge in [0.05, 0.1) is 34.9 Å². The lowest BCUT2D eigenvalue weighted by atomic mass is 10.3. The lowest BCUT2D eigenvalue weighted by Gasteiger charge is -2.04.